The summed E-state index contributed by atoms with van der Waals surface area (Å²) in [6.45, 7) is 0. The van der Waals surface area contributed by atoms with Gasteiger partial charge in [-0.25, -0.2) is 4.79 Å². The minimum atomic E-state index is -0.540. The number of carbonyl (C=O) groups is 2. The van der Waals surface area contributed by atoms with Crippen molar-refractivity contribution in [3.8, 4) is 0 Å². The molecule has 0 radical (unpaired) electrons. The van der Waals surface area contributed by atoms with Crippen LogP contribution < -0.4 is 5.32 Å². The molecule has 4 heteroatoms. The van der Waals surface area contributed by atoms with Gasteiger partial charge in [0.05, 0.1) is 13.2 Å². The summed E-state index contributed by atoms with van der Waals surface area (Å²) in [7, 11) is 1.30. The van der Waals surface area contributed by atoms with E-state index in [4.69, 9.17) is 0 Å². The van der Waals surface area contributed by atoms with Gasteiger partial charge in [0.15, 0.2) is 5.78 Å². The van der Waals surface area contributed by atoms with E-state index < -0.39 is 12.1 Å². The van der Waals surface area contributed by atoms with Crippen LogP contribution in [0.2, 0.25) is 0 Å². The average Bonchev–Trinajstić information content (AvgIpc) is 2.33. The van der Waals surface area contributed by atoms with E-state index in [2.05, 4.69) is 16.1 Å². The molecule has 0 bridgehead atoms. The summed E-state index contributed by atoms with van der Waals surface area (Å²) in [6, 6.07) is -0.422. The Morgan fingerprint density at radius 3 is 2.94 bits per heavy atom. The van der Waals surface area contributed by atoms with E-state index in [0.717, 1.165) is 30.4 Å². The fourth-order valence-electron chi connectivity index (χ4n) is 2.18. The molecule has 0 aromatic heterocycles. The number of rotatable bonds is 1. The number of alkyl carbamates (subject to hydrolysis) is 1. The van der Waals surface area contributed by atoms with Crippen molar-refractivity contribution in [1.29, 1.82) is 0 Å². The number of ketones is 1. The number of hydrogen-bond acceptors (Lipinski definition) is 3. The molecule has 86 valence electrons. The number of allylic oxidation sites excluding steroid dienone is 3. The van der Waals surface area contributed by atoms with Gasteiger partial charge in [-0.2, -0.15) is 0 Å². The fraction of sp³-hybridized carbons (Fsp3) is 0.500. The van der Waals surface area contributed by atoms with E-state index in [1.165, 1.54) is 7.11 Å². The molecule has 2 aliphatic carbocycles. The van der Waals surface area contributed by atoms with Gasteiger partial charge in [-0.15, -0.1) is 0 Å². The van der Waals surface area contributed by atoms with Crippen molar-refractivity contribution < 1.29 is 14.3 Å². The lowest BCUT2D eigenvalue weighted by Gasteiger charge is -2.27. The van der Waals surface area contributed by atoms with Gasteiger partial charge in [0, 0.05) is 5.57 Å². The largest absolute Gasteiger partial charge is 0.453 e. The molecule has 1 fully saturated rings. The van der Waals surface area contributed by atoms with Crippen molar-refractivity contribution in [2.24, 2.45) is 0 Å². The molecule has 4 nitrogen and oxygen atoms in total. The predicted molar refractivity (Wildman–Crippen MR) is 59.0 cm³/mol. The number of Topliss-reactive ketones (excluding diaryl/α,β-unsaturated/α-hetero) is 1. The third-order valence-electron chi connectivity index (χ3n) is 3.01. The second kappa shape index (κ2) is 4.51. The highest BCUT2D eigenvalue weighted by molar-refractivity contribution is 6.05. The minimum Gasteiger partial charge on any atom is -0.453 e. The second-order valence-corrected chi connectivity index (χ2v) is 4.02. The molecule has 0 aromatic carbocycles. The van der Waals surface area contributed by atoms with E-state index in [1.54, 1.807) is 0 Å². The number of ether oxygens (including phenoxy) is 1. The van der Waals surface area contributed by atoms with Crippen molar-refractivity contribution in [3.05, 3.63) is 23.3 Å². The molecule has 1 amide bonds. The third-order valence-corrected chi connectivity index (χ3v) is 3.01. The normalized spacial score (nSPS) is 24.1. The monoisotopic (exact) mass is 221 g/mol. The number of hydrogen-bond donors (Lipinski definition) is 1. The number of carbonyl (C=O) groups excluding carboxylic acids is 2. The Kier molecular flexibility index (Phi) is 3.08. The highest BCUT2D eigenvalue weighted by Gasteiger charge is 2.31. The van der Waals surface area contributed by atoms with Crippen LogP contribution in [0.4, 0.5) is 4.79 Å². The van der Waals surface area contributed by atoms with Crippen molar-refractivity contribution in [1.82, 2.24) is 5.32 Å². The number of nitrogens with one attached hydrogen (secondary N) is 1. The summed E-state index contributed by atoms with van der Waals surface area (Å²) >= 11 is 0. The minimum absolute atomic E-state index is 0.0163. The first-order valence-corrected chi connectivity index (χ1v) is 5.50. The zero-order valence-electron chi connectivity index (χ0n) is 9.29. The Morgan fingerprint density at radius 1 is 1.44 bits per heavy atom. The van der Waals surface area contributed by atoms with Crippen LogP contribution in [0.25, 0.3) is 0 Å². The topological polar surface area (TPSA) is 55.4 Å². The fourth-order valence-corrected chi connectivity index (χ4v) is 2.18. The van der Waals surface area contributed by atoms with Gasteiger partial charge in [-0.3, -0.25) is 4.79 Å². The van der Waals surface area contributed by atoms with Gasteiger partial charge in [0.1, 0.15) is 0 Å². The van der Waals surface area contributed by atoms with Crippen LogP contribution in [0, 0.1) is 0 Å². The Morgan fingerprint density at radius 2 is 2.19 bits per heavy atom. The van der Waals surface area contributed by atoms with Crippen molar-refractivity contribution in [2.45, 2.75) is 31.7 Å². The Balaban J connectivity index is 2.10. The lowest BCUT2D eigenvalue weighted by Crippen LogP contribution is -2.44. The van der Waals surface area contributed by atoms with Crippen LogP contribution in [-0.2, 0) is 9.53 Å². The predicted octanol–water partition coefficient (Wildman–Crippen LogP) is 1.72. The lowest BCUT2D eigenvalue weighted by atomic mass is 9.82. The molecule has 0 saturated heterocycles. The summed E-state index contributed by atoms with van der Waals surface area (Å²) in [5, 5.41) is 2.57. The van der Waals surface area contributed by atoms with Crippen molar-refractivity contribution >= 4 is 11.9 Å². The zero-order valence-corrected chi connectivity index (χ0v) is 9.29. The molecule has 0 spiro atoms. The Hall–Kier alpha value is -1.58. The van der Waals surface area contributed by atoms with E-state index in [1.807, 2.05) is 6.08 Å². The van der Waals surface area contributed by atoms with Crippen LogP contribution in [0.5, 0.6) is 0 Å². The van der Waals surface area contributed by atoms with Gasteiger partial charge in [0.2, 0.25) is 0 Å². The first-order valence-electron chi connectivity index (χ1n) is 5.50. The van der Waals surface area contributed by atoms with E-state index >= 15 is 0 Å². The summed E-state index contributed by atoms with van der Waals surface area (Å²) in [6.07, 6.45) is 7.01. The lowest BCUT2D eigenvalue weighted by molar-refractivity contribution is -0.117. The highest BCUT2D eigenvalue weighted by atomic mass is 16.5. The molecule has 2 aliphatic rings. The van der Waals surface area contributed by atoms with Gasteiger partial charge in [-0.05, 0) is 31.3 Å². The maximum Gasteiger partial charge on any atom is 0.407 e. The Bertz CT molecular complexity index is 382. The van der Waals surface area contributed by atoms with Gasteiger partial charge < -0.3 is 10.1 Å². The molecule has 1 atom stereocenters. The standard InChI is InChI=1S/C12H15NO3/c1-16-12(15)13-10-7-6-8-4-2-3-5-9(8)11(10)14/h4-5,10H,2-3,6-7H2,1H3,(H,13,15). The maximum absolute atomic E-state index is 12.0. The summed E-state index contributed by atoms with van der Waals surface area (Å²) < 4.78 is 4.50. The summed E-state index contributed by atoms with van der Waals surface area (Å²) in [5.74, 6) is 0.0163. The molecule has 0 aliphatic heterocycles. The molecule has 2 rings (SSSR count). The number of fused-ring (bicyclic) bond motifs is 1. The van der Waals surface area contributed by atoms with E-state index in [-0.39, 0.29) is 5.78 Å². The Labute approximate surface area is 94.3 Å². The maximum atomic E-state index is 12.0. The van der Waals surface area contributed by atoms with Crippen LogP contribution in [0.15, 0.2) is 23.3 Å². The zero-order chi connectivity index (χ0) is 11.5. The molecular formula is C12H15NO3. The average molecular weight is 221 g/mol. The van der Waals surface area contributed by atoms with Crippen LogP contribution >= 0.6 is 0 Å². The third kappa shape index (κ3) is 2.01. The quantitative estimate of drug-likeness (QED) is 0.733. The first kappa shape index (κ1) is 10.9. The SMILES string of the molecule is COC(=O)NC1CCC2=CCCC=C2C1=O. The van der Waals surface area contributed by atoms with E-state index in [9.17, 15) is 9.59 Å². The molecule has 1 saturated carbocycles. The van der Waals surface area contributed by atoms with Crippen LogP contribution in [0.3, 0.4) is 0 Å². The molecule has 0 aromatic rings. The molecular weight excluding hydrogens is 206 g/mol. The van der Waals surface area contributed by atoms with Gasteiger partial charge in [0.25, 0.3) is 0 Å². The molecule has 1 N–H and O–H groups in total. The second-order valence-electron chi connectivity index (χ2n) is 4.02. The molecule has 0 heterocycles. The summed E-state index contributed by atoms with van der Waals surface area (Å²) in [5.41, 5.74) is 1.93. The van der Waals surface area contributed by atoms with Gasteiger partial charge >= 0.3 is 6.09 Å². The van der Waals surface area contributed by atoms with Crippen LogP contribution in [0.1, 0.15) is 25.7 Å². The van der Waals surface area contributed by atoms with Crippen molar-refractivity contribution in [2.75, 3.05) is 7.11 Å². The highest BCUT2D eigenvalue weighted by Crippen LogP contribution is 2.30. The van der Waals surface area contributed by atoms with E-state index in [0.29, 0.717) is 6.42 Å². The smallest absolute Gasteiger partial charge is 0.407 e. The van der Waals surface area contributed by atoms with Crippen LogP contribution in [-0.4, -0.2) is 25.0 Å². The van der Waals surface area contributed by atoms with Crippen molar-refractivity contribution in [3.63, 3.8) is 0 Å². The molecule has 16 heavy (non-hydrogen) atoms. The number of methoxy groups -OCH3 is 1. The summed E-state index contributed by atoms with van der Waals surface area (Å²) in [4.78, 5) is 23.1. The first-order chi connectivity index (χ1) is 7.72. The molecule has 1 unspecified atom stereocenters. The number of amides is 1. The van der Waals surface area contributed by atoms with Gasteiger partial charge in [-0.1, -0.05) is 12.2 Å².